The van der Waals surface area contributed by atoms with Gasteiger partial charge in [0, 0.05) is 25.5 Å². The highest BCUT2D eigenvalue weighted by Gasteiger charge is 2.21. The van der Waals surface area contributed by atoms with Crippen molar-refractivity contribution in [2.75, 3.05) is 18.8 Å². The number of anilines is 1. The minimum Gasteiger partial charge on any atom is -0.394 e. The molecule has 3 rings (SSSR count). The van der Waals surface area contributed by atoms with Gasteiger partial charge in [-0.05, 0) is 30.7 Å². The topological polar surface area (TPSA) is 81.2 Å². The van der Waals surface area contributed by atoms with E-state index >= 15 is 0 Å². The van der Waals surface area contributed by atoms with Crippen molar-refractivity contribution in [2.24, 2.45) is 0 Å². The Hall–Kier alpha value is -2.63. The maximum atomic E-state index is 12.0. The molecule has 1 amide bonds. The van der Waals surface area contributed by atoms with Gasteiger partial charge < -0.3 is 10.6 Å². The third kappa shape index (κ3) is 2.05. The molecule has 2 aromatic heterocycles. The van der Waals surface area contributed by atoms with E-state index in [4.69, 9.17) is 5.73 Å². The first kappa shape index (κ1) is 12.4. The van der Waals surface area contributed by atoms with Crippen molar-refractivity contribution in [3.8, 4) is 5.82 Å². The number of likely N-dealkylation sites (tertiary alicyclic amines) is 1. The molecule has 1 saturated heterocycles. The number of pyridine rings is 2. The SMILES string of the molecule is Nc1cccn(-c2ccc(C(=O)N3CCC3)cn2)c1=O. The maximum absolute atomic E-state index is 12.0. The highest BCUT2D eigenvalue weighted by atomic mass is 16.2. The van der Waals surface area contributed by atoms with Gasteiger partial charge in [-0.2, -0.15) is 0 Å². The van der Waals surface area contributed by atoms with Crippen LogP contribution >= 0.6 is 0 Å². The molecule has 2 aromatic rings. The second-order valence-corrected chi connectivity index (χ2v) is 4.69. The molecular weight excluding hydrogens is 256 g/mol. The lowest BCUT2D eigenvalue weighted by molar-refractivity contribution is 0.0651. The van der Waals surface area contributed by atoms with Crippen LogP contribution in [0.15, 0.2) is 41.5 Å². The molecule has 0 radical (unpaired) electrons. The lowest BCUT2D eigenvalue weighted by Gasteiger charge is -2.30. The summed E-state index contributed by atoms with van der Waals surface area (Å²) in [5.41, 5.74) is 5.96. The zero-order valence-corrected chi connectivity index (χ0v) is 10.8. The van der Waals surface area contributed by atoms with Gasteiger partial charge in [0.1, 0.15) is 5.82 Å². The average molecular weight is 270 g/mol. The molecule has 0 aliphatic carbocycles. The van der Waals surface area contributed by atoms with Crippen molar-refractivity contribution >= 4 is 11.6 Å². The highest BCUT2D eigenvalue weighted by Crippen LogP contribution is 2.13. The highest BCUT2D eigenvalue weighted by molar-refractivity contribution is 5.94. The molecule has 6 heteroatoms. The number of hydrogen-bond acceptors (Lipinski definition) is 4. The van der Waals surface area contributed by atoms with Crippen LogP contribution in [0.5, 0.6) is 0 Å². The largest absolute Gasteiger partial charge is 0.394 e. The van der Waals surface area contributed by atoms with Crippen LogP contribution in [0.25, 0.3) is 5.82 Å². The fraction of sp³-hybridized carbons (Fsp3) is 0.214. The Bertz CT molecular complexity index is 702. The zero-order chi connectivity index (χ0) is 14.1. The lowest BCUT2D eigenvalue weighted by atomic mass is 10.1. The Morgan fingerprint density at radius 2 is 2.05 bits per heavy atom. The monoisotopic (exact) mass is 270 g/mol. The number of nitrogens with two attached hydrogens (primary N) is 1. The molecule has 1 fully saturated rings. The Labute approximate surface area is 115 Å². The van der Waals surface area contributed by atoms with E-state index in [0.29, 0.717) is 11.4 Å². The van der Waals surface area contributed by atoms with Gasteiger partial charge in [-0.25, -0.2) is 4.98 Å². The van der Waals surface area contributed by atoms with E-state index in [1.165, 1.54) is 10.8 Å². The van der Waals surface area contributed by atoms with Gasteiger partial charge in [0.25, 0.3) is 11.5 Å². The molecule has 0 spiro atoms. The summed E-state index contributed by atoms with van der Waals surface area (Å²) in [6.45, 7) is 1.60. The van der Waals surface area contributed by atoms with Crippen molar-refractivity contribution in [1.29, 1.82) is 0 Å². The summed E-state index contributed by atoms with van der Waals surface area (Å²) in [5, 5.41) is 0. The Balaban J connectivity index is 1.91. The van der Waals surface area contributed by atoms with E-state index in [1.54, 1.807) is 35.4 Å². The number of hydrogen-bond donors (Lipinski definition) is 1. The van der Waals surface area contributed by atoms with E-state index < -0.39 is 0 Å². The number of nitrogen functional groups attached to an aromatic ring is 1. The average Bonchev–Trinajstić information content (AvgIpc) is 2.40. The van der Waals surface area contributed by atoms with E-state index in [2.05, 4.69) is 4.98 Å². The Morgan fingerprint density at radius 1 is 1.25 bits per heavy atom. The zero-order valence-electron chi connectivity index (χ0n) is 10.8. The van der Waals surface area contributed by atoms with Crippen LogP contribution in [-0.2, 0) is 0 Å². The van der Waals surface area contributed by atoms with Crippen molar-refractivity contribution in [2.45, 2.75) is 6.42 Å². The molecule has 102 valence electrons. The molecular formula is C14H14N4O2. The quantitative estimate of drug-likeness (QED) is 0.869. The second-order valence-electron chi connectivity index (χ2n) is 4.69. The lowest BCUT2D eigenvalue weighted by Crippen LogP contribution is -2.42. The number of amides is 1. The first-order valence-electron chi connectivity index (χ1n) is 6.39. The molecule has 0 saturated carbocycles. The van der Waals surface area contributed by atoms with E-state index in [9.17, 15) is 9.59 Å². The summed E-state index contributed by atoms with van der Waals surface area (Å²) in [4.78, 5) is 29.8. The minimum absolute atomic E-state index is 0.0183. The molecule has 0 bridgehead atoms. The number of carbonyl (C=O) groups is 1. The molecule has 0 unspecified atom stereocenters. The van der Waals surface area contributed by atoms with Crippen molar-refractivity contribution in [3.63, 3.8) is 0 Å². The molecule has 2 N–H and O–H groups in total. The van der Waals surface area contributed by atoms with Crippen LogP contribution < -0.4 is 11.3 Å². The van der Waals surface area contributed by atoms with Crippen LogP contribution in [0.3, 0.4) is 0 Å². The number of rotatable bonds is 2. The van der Waals surface area contributed by atoms with Crippen molar-refractivity contribution in [1.82, 2.24) is 14.5 Å². The van der Waals surface area contributed by atoms with Gasteiger partial charge in [0.2, 0.25) is 0 Å². The van der Waals surface area contributed by atoms with Crippen LogP contribution in [0.1, 0.15) is 16.8 Å². The third-order valence-corrected chi connectivity index (χ3v) is 3.36. The van der Waals surface area contributed by atoms with E-state index in [-0.39, 0.29) is 17.2 Å². The van der Waals surface area contributed by atoms with Gasteiger partial charge in [-0.3, -0.25) is 14.2 Å². The van der Waals surface area contributed by atoms with Gasteiger partial charge in [0.15, 0.2) is 0 Å². The van der Waals surface area contributed by atoms with Crippen molar-refractivity contribution < 1.29 is 4.79 Å². The van der Waals surface area contributed by atoms with Crippen LogP contribution in [0.4, 0.5) is 5.69 Å². The fourth-order valence-electron chi connectivity index (χ4n) is 2.05. The second kappa shape index (κ2) is 4.80. The Morgan fingerprint density at radius 3 is 2.65 bits per heavy atom. The van der Waals surface area contributed by atoms with E-state index in [0.717, 1.165) is 19.5 Å². The van der Waals surface area contributed by atoms with Gasteiger partial charge in [0.05, 0.1) is 11.3 Å². The molecule has 1 aliphatic rings. The summed E-state index contributed by atoms with van der Waals surface area (Å²) < 4.78 is 1.35. The summed E-state index contributed by atoms with van der Waals surface area (Å²) in [6, 6.07) is 6.55. The van der Waals surface area contributed by atoms with Gasteiger partial charge >= 0.3 is 0 Å². The smallest absolute Gasteiger partial charge is 0.279 e. The maximum Gasteiger partial charge on any atom is 0.279 e. The fourth-order valence-corrected chi connectivity index (χ4v) is 2.05. The van der Waals surface area contributed by atoms with Gasteiger partial charge in [-0.15, -0.1) is 0 Å². The van der Waals surface area contributed by atoms with Crippen LogP contribution in [0, 0.1) is 0 Å². The van der Waals surface area contributed by atoms with Gasteiger partial charge in [-0.1, -0.05) is 0 Å². The minimum atomic E-state index is -0.318. The Kier molecular flexibility index (Phi) is 2.98. The first-order chi connectivity index (χ1) is 9.66. The van der Waals surface area contributed by atoms with Crippen molar-refractivity contribution in [3.05, 3.63) is 52.6 Å². The molecule has 1 aliphatic heterocycles. The van der Waals surface area contributed by atoms with Crippen LogP contribution in [0.2, 0.25) is 0 Å². The molecule has 0 atom stereocenters. The number of carbonyl (C=O) groups excluding carboxylic acids is 1. The standard InChI is InChI=1S/C14H14N4O2/c15-11-3-1-8-18(14(11)20)12-5-4-10(9-16-12)13(19)17-6-2-7-17/h1,3-5,8-9H,2,6-7,15H2. The van der Waals surface area contributed by atoms with Crippen LogP contribution in [-0.4, -0.2) is 33.4 Å². The molecule has 0 aromatic carbocycles. The molecule has 6 nitrogen and oxygen atoms in total. The predicted molar refractivity (Wildman–Crippen MR) is 74.8 cm³/mol. The third-order valence-electron chi connectivity index (χ3n) is 3.36. The molecule has 20 heavy (non-hydrogen) atoms. The molecule has 3 heterocycles. The number of aromatic nitrogens is 2. The number of nitrogens with zero attached hydrogens (tertiary/aromatic N) is 3. The summed E-state index contributed by atoms with van der Waals surface area (Å²) >= 11 is 0. The summed E-state index contributed by atoms with van der Waals surface area (Å²) in [6.07, 6.45) is 4.14. The summed E-state index contributed by atoms with van der Waals surface area (Å²) in [7, 11) is 0. The first-order valence-corrected chi connectivity index (χ1v) is 6.39. The van der Waals surface area contributed by atoms with E-state index in [1.807, 2.05) is 0 Å². The summed E-state index contributed by atoms with van der Waals surface area (Å²) in [5.74, 6) is 0.428. The normalized spacial score (nSPS) is 13.9. The predicted octanol–water partition coefficient (Wildman–Crippen LogP) is 0.661.